The van der Waals surface area contributed by atoms with Crippen molar-refractivity contribution >= 4 is 67.4 Å². The molecule has 8 aromatic rings. The van der Waals surface area contributed by atoms with Gasteiger partial charge in [0.1, 0.15) is 23.2 Å². The molecule has 2 heterocycles. The van der Waals surface area contributed by atoms with E-state index in [1.54, 1.807) is 0 Å². The summed E-state index contributed by atoms with van der Waals surface area (Å²) in [4.78, 5) is 5.02. The van der Waals surface area contributed by atoms with Crippen LogP contribution in [0.5, 0.6) is 5.75 Å². The zero-order valence-electron chi connectivity index (χ0n) is 34.7. The Morgan fingerprint density at radius 3 is 2.16 bits per heavy atom. The van der Waals surface area contributed by atoms with Crippen LogP contribution in [-0.4, -0.2) is 6.10 Å². The molecule has 3 aliphatic carbocycles. The van der Waals surface area contributed by atoms with Crippen LogP contribution in [0.2, 0.25) is 0 Å². The van der Waals surface area contributed by atoms with E-state index in [0.29, 0.717) is 0 Å². The van der Waals surface area contributed by atoms with Crippen LogP contribution in [0.1, 0.15) is 58.4 Å². The van der Waals surface area contributed by atoms with Crippen molar-refractivity contribution in [1.29, 1.82) is 0 Å². The predicted molar refractivity (Wildman–Crippen MR) is 253 cm³/mol. The molecule has 0 spiro atoms. The zero-order chi connectivity index (χ0) is 40.8. The number of anilines is 4. The molecule has 3 unspecified atom stereocenters. The molecule has 0 radical (unpaired) electrons. The summed E-state index contributed by atoms with van der Waals surface area (Å²) >= 11 is 0. The Labute approximate surface area is 357 Å². The van der Waals surface area contributed by atoms with E-state index in [9.17, 15) is 0 Å². The van der Waals surface area contributed by atoms with Crippen LogP contribution >= 0.6 is 0 Å². The third-order valence-corrected chi connectivity index (χ3v) is 13.3. The second-order valence-electron chi connectivity index (χ2n) is 17.3. The van der Waals surface area contributed by atoms with Crippen LogP contribution in [0.3, 0.4) is 0 Å². The number of hydrogen-bond donors (Lipinski definition) is 0. The minimum absolute atomic E-state index is 0.0127. The molecule has 296 valence electrons. The van der Waals surface area contributed by atoms with Crippen LogP contribution < -0.4 is 14.5 Å². The lowest BCUT2D eigenvalue weighted by Crippen LogP contribution is -2.26. The molecule has 4 heteroatoms. The number of para-hydroxylation sites is 2. The minimum atomic E-state index is -0.0127. The molecule has 4 aliphatic rings. The van der Waals surface area contributed by atoms with E-state index < -0.39 is 0 Å². The largest absolute Gasteiger partial charge is 0.485 e. The number of fused-ring (bicyclic) bond motifs is 11. The lowest BCUT2D eigenvalue weighted by Gasteiger charge is -2.36. The summed E-state index contributed by atoms with van der Waals surface area (Å²) < 4.78 is 13.0. The third kappa shape index (κ3) is 5.80. The van der Waals surface area contributed by atoms with Gasteiger partial charge in [-0.05, 0) is 127 Å². The van der Waals surface area contributed by atoms with E-state index in [2.05, 4.69) is 200 Å². The highest BCUT2D eigenvalue weighted by atomic mass is 16.5. The van der Waals surface area contributed by atoms with Crippen molar-refractivity contribution in [3.05, 3.63) is 208 Å². The highest BCUT2D eigenvalue weighted by Crippen LogP contribution is 2.50. The van der Waals surface area contributed by atoms with Gasteiger partial charge in [0.05, 0.1) is 11.4 Å². The third-order valence-electron chi connectivity index (χ3n) is 13.3. The highest BCUT2D eigenvalue weighted by molar-refractivity contribution is 6.17. The van der Waals surface area contributed by atoms with E-state index in [1.165, 1.54) is 77.4 Å². The molecular formula is C57H46N2O2. The summed E-state index contributed by atoms with van der Waals surface area (Å²) in [7, 11) is 0. The Balaban J connectivity index is 1.09. The summed E-state index contributed by atoms with van der Waals surface area (Å²) in [5.41, 5.74) is 15.7. The van der Waals surface area contributed by atoms with E-state index in [4.69, 9.17) is 9.15 Å². The maximum Gasteiger partial charge on any atom is 0.134 e. The number of allylic oxidation sites excluding steroid dienone is 3. The Kier molecular flexibility index (Phi) is 8.25. The van der Waals surface area contributed by atoms with Crippen LogP contribution in [-0.2, 0) is 12.8 Å². The second-order valence-corrected chi connectivity index (χ2v) is 17.3. The van der Waals surface area contributed by atoms with Gasteiger partial charge in [-0.2, -0.15) is 0 Å². The second kappa shape index (κ2) is 14.0. The molecule has 61 heavy (non-hydrogen) atoms. The van der Waals surface area contributed by atoms with Crippen LogP contribution in [0.15, 0.2) is 174 Å². The van der Waals surface area contributed by atoms with Crippen molar-refractivity contribution in [2.24, 2.45) is 5.92 Å². The van der Waals surface area contributed by atoms with Gasteiger partial charge in [-0.15, -0.1) is 0 Å². The van der Waals surface area contributed by atoms with E-state index >= 15 is 0 Å². The molecule has 4 nitrogen and oxygen atoms in total. The molecule has 0 amide bonds. The Morgan fingerprint density at radius 2 is 1.34 bits per heavy atom. The van der Waals surface area contributed by atoms with Crippen molar-refractivity contribution < 1.29 is 9.15 Å². The van der Waals surface area contributed by atoms with Crippen molar-refractivity contribution in [2.45, 2.75) is 52.1 Å². The minimum Gasteiger partial charge on any atom is -0.485 e. The summed E-state index contributed by atoms with van der Waals surface area (Å²) in [5.74, 6) is 2.42. The normalized spacial score (nSPS) is 18.6. The van der Waals surface area contributed by atoms with Crippen LogP contribution in [0, 0.1) is 19.8 Å². The van der Waals surface area contributed by atoms with E-state index in [1.807, 2.05) is 0 Å². The Bertz CT molecular complexity index is 3200. The summed E-state index contributed by atoms with van der Waals surface area (Å²) in [6.45, 7) is 6.68. The summed E-state index contributed by atoms with van der Waals surface area (Å²) in [6.07, 6.45) is 16.9. The van der Waals surface area contributed by atoms with Gasteiger partial charge in [0.15, 0.2) is 0 Å². The maximum absolute atomic E-state index is 6.51. The first-order valence-electron chi connectivity index (χ1n) is 21.8. The lowest BCUT2D eigenvalue weighted by molar-refractivity contribution is 0.268. The first-order chi connectivity index (χ1) is 30.0. The van der Waals surface area contributed by atoms with Crippen molar-refractivity contribution in [1.82, 2.24) is 0 Å². The van der Waals surface area contributed by atoms with Crippen LogP contribution in [0.4, 0.5) is 22.7 Å². The van der Waals surface area contributed by atoms with E-state index in [-0.39, 0.29) is 17.9 Å². The zero-order valence-corrected chi connectivity index (χ0v) is 34.7. The molecular weight excluding hydrogens is 745 g/mol. The van der Waals surface area contributed by atoms with Crippen molar-refractivity contribution in [3.8, 4) is 5.75 Å². The topological polar surface area (TPSA) is 28.9 Å². The molecule has 12 rings (SSSR count). The number of hydrogen-bond acceptors (Lipinski definition) is 4. The monoisotopic (exact) mass is 790 g/mol. The van der Waals surface area contributed by atoms with Crippen LogP contribution in [0.25, 0.3) is 44.7 Å². The Hall–Kier alpha value is -7.04. The lowest BCUT2D eigenvalue weighted by atomic mass is 9.85. The summed E-state index contributed by atoms with van der Waals surface area (Å²) in [6, 6.07) is 48.9. The molecule has 0 saturated heterocycles. The maximum atomic E-state index is 6.51. The molecule has 0 saturated carbocycles. The van der Waals surface area contributed by atoms with Crippen molar-refractivity contribution in [3.63, 3.8) is 0 Å². The molecule has 0 N–H and O–H groups in total. The standard InChI is InChI=1S/C57H46N2O2/c1-35-22-25-54-47(28-35)49-31-40(24-27-56(49)60-54)58(38-14-6-4-7-15-38)52-32-45-42-19-11-13-21-44(42)53(33-46(45)41-18-10-12-20-43(41)52)59(39-16-8-5-9-17-39)51-34-50-48-29-36(2)23-26-55(48)61-57(50)30-37(51)3/h4-10,12-18,20-29,31-34,37,49,56H,11,19,30H2,1-3H3. The number of furan rings is 1. The molecule has 1 aliphatic heterocycles. The van der Waals surface area contributed by atoms with Crippen molar-refractivity contribution in [2.75, 3.05) is 9.80 Å². The highest BCUT2D eigenvalue weighted by Gasteiger charge is 2.36. The molecule has 0 fully saturated rings. The number of ether oxygens (including phenoxy) is 1. The smallest absolute Gasteiger partial charge is 0.134 e. The van der Waals surface area contributed by atoms with Gasteiger partial charge >= 0.3 is 0 Å². The number of aryl methyl sites for hydroxylation is 3. The molecule has 3 atom stereocenters. The number of nitrogens with zero attached hydrogens (tertiary/aromatic N) is 2. The van der Waals surface area contributed by atoms with E-state index in [0.717, 1.165) is 53.4 Å². The SMILES string of the molecule is Cc1ccc2c(c1)C1C=C(N(c3ccccc3)c3cc4c5c(c(N(C6=Cc7c(oc8ccc(C)cc78)CC6C)c6ccccc6)cc4c4ccccc34)C=CCC5)C=CC1O2. The predicted octanol–water partition coefficient (Wildman–Crippen LogP) is 14.8. The van der Waals surface area contributed by atoms with Gasteiger partial charge < -0.3 is 19.0 Å². The average Bonchev–Trinajstić information content (AvgIpc) is 3.83. The molecule has 7 aromatic carbocycles. The molecule has 0 bridgehead atoms. The quantitative estimate of drug-likeness (QED) is 0.157. The average molecular weight is 791 g/mol. The number of benzene rings is 7. The fraction of sp³-hybridized carbons (Fsp3) is 0.158. The molecule has 1 aromatic heterocycles. The van der Waals surface area contributed by atoms with Gasteiger partial charge in [0, 0.05) is 68.5 Å². The fourth-order valence-electron chi connectivity index (χ4n) is 10.5. The first kappa shape index (κ1) is 35.9. The van der Waals surface area contributed by atoms with Gasteiger partial charge in [-0.1, -0.05) is 109 Å². The summed E-state index contributed by atoms with van der Waals surface area (Å²) in [5, 5.41) is 6.22. The Morgan fingerprint density at radius 1 is 0.623 bits per heavy atom. The van der Waals surface area contributed by atoms with Gasteiger partial charge in [0.25, 0.3) is 0 Å². The number of rotatable bonds is 6. The van der Waals surface area contributed by atoms with Gasteiger partial charge in [-0.25, -0.2) is 0 Å². The van der Waals surface area contributed by atoms with Gasteiger partial charge in [0.2, 0.25) is 0 Å². The first-order valence-corrected chi connectivity index (χ1v) is 21.8. The van der Waals surface area contributed by atoms with Gasteiger partial charge in [-0.3, -0.25) is 0 Å². The fourth-order valence-corrected chi connectivity index (χ4v) is 10.5.